The van der Waals surface area contributed by atoms with Crippen LogP contribution < -0.4 is 0 Å². The highest BCUT2D eigenvalue weighted by Gasteiger charge is 1.99. The van der Waals surface area contributed by atoms with E-state index in [0.717, 1.165) is 24.2 Å². The molecule has 1 aromatic carbocycles. The monoisotopic (exact) mass is 225 g/mol. The number of rotatable bonds is 5. The molecule has 87 valence electrons. The van der Waals surface area contributed by atoms with E-state index in [9.17, 15) is 0 Å². The molecule has 17 heavy (non-hydrogen) atoms. The van der Waals surface area contributed by atoms with E-state index in [4.69, 9.17) is 0 Å². The molecule has 0 aliphatic rings. The van der Waals surface area contributed by atoms with E-state index in [0.29, 0.717) is 0 Å². The van der Waals surface area contributed by atoms with Gasteiger partial charge in [-0.2, -0.15) is 0 Å². The average molecular weight is 225 g/mol. The smallest absolute Gasteiger partial charge is 0.159 e. The van der Waals surface area contributed by atoms with Gasteiger partial charge in [-0.05, 0) is 24.5 Å². The Balaban J connectivity index is 2.03. The van der Waals surface area contributed by atoms with Gasteiger partial charge in [0.15, 0.2) is 5.82 Å². The van der Waals surface area contributed by atoms with Gasteiger partial charge in [0.2, 0.25) is 0 Å². The summed E-state index contributed by atoms with van der Waals surface area (Å²) in [6.07, 6.45) is 8.10. The Bertz CT molecular complexity index is 434. The highest BCUT2D eigenvalue weighted by atomic mass is 14.8. The average Bonchev–Trinajstić information content (AvgIpc) is 2.41. The second kappa shape index (κ2) is 6.14. The fourth-order valence-corrected chi connectivity index (χ4v) is 1.77. The third kappa shape index (κ3) is 3.38. The second-order valence-electron chi connectivity index (χ2n) is 4.08. The maximum Gasteiger partial charge on any atom is 0.159 e. The first kappa shape index (κ1) is 11.8. The second-order valence-corrected chi connectivity index (χ2v) is 4.08. The van der Waals surface area contributed by atoms with E-state index < -0.39 is 0 Å². The van der Waals surface area contributed by atoms with Crippen LogP contribution in [0.2, 0.25) is 0 Å². The fourth-order valence-electron chi connectivity index (χ4n) is 1.77. The summed E-state index contributed by atoms with van der Waals surface area (Å²) in [7, 11) is 0. The van der Waals surface area contributed by atoms with Gasteiger partial charge in [-0.15, -0.1) is 0 Å². The molecule has 2 heteroatoms. The molecule has 0 saturated carbocycles. The number of hydrogen-bond donors (Lipinski definition) is 0. The predicted octanol–water partition coefficient (Wildman–Crippen LogP) is 3.69. The number of unbranched alkanes of at least 4 members (excludes halogenated alkanes) is 2. The summed E-state index contributed by atoms with van der Waals surface area (Å²) in [5.74, 6) is 0.789. The minimum atomic E-state index is 0.789. The van der Waals surface area contributed by atoms with E-state index >= 15 is 0 Å². The van der Waals surface area contributed by atoms with Crippen molar-refractivity contribution in [2.45, 2.75) is 25.7 Å². The molecule has 0 aliphatic heterocycles. The Kier molecular flexibility index (Phi) is 4.25. The Hall–Kier alpha value is -1.70. The molecule has 2 aromatic rings. The molecule has 1 heterocycles. The topological polar surface area (TPSA) is 25.8 Å². The summed E-state index contributed by atoms with van der Waals surface area (Å²) in [5.41, 5.74) is 2.45. The van der Waals surface area contributed by atoms with E-state index in [1.165, 1.54) is 18.4 Å². The van der Waals surface area contributed by atoms with Crippen molar-refractivity contribution in [1.82, 2.24) is 9.97 Å². The normalized spacial score (nSPS) is 10.4. The van der Waals surface area contributed by atoms with Crippen molar-refractivity contribution >= 4 is 0 Å². The standard InChI is InChI=1S/C15H17N2/c1-2-3-4-6-13-7-9-14(10-8-13)15-16-11-5-12-17-15/h5,7-12H,1-4,6H2. The molecule has 0 spiro atoms. The van der Waals surface area contributed by atoms with Crippen LogP contribution in [0.4, 0.5) is 0 Å². The maximum atomic E-state index is 4.23. The largest absolute Gasteiger partial charge is 0.237 e. The van der Waals surface area contributed by atoms with Crippen LogP contribution >= 0.6 is 0 Å². The van der Waals surface area contributed by atoms with Gasteiger partial charge in [-0.3, -0.25) is 0 Å². The fraction of sp³-hybridized carbons (Fsp3) is 0.267. The van der Waals surface area contributed by atoms with Gasteiger partial charge >= 0.3 is 0 Å². The van der Waals surface area contributed by atoms with Crippen molar-refractivity contribution in [1.29, 1.82) is 0 Å². The highest BCUT2D eigenvalue weighted by Crippen LogP contribution is 2.15. The molecule has 0 bridgehead atoms. The molecule has 2 nitrogen and oxygen atoms in total. The summed E-state index contributed by atoms with van der Waals surface area (Å²) in [6, 6.07) is 10.3. The number of benzene rings is 1. The van der Waals surface area contributed by atoms with Crippen LogP contribution in [0, 0.1) is 6.92 Å². The zero-order valence-electron chi connectivity index (χ0n) is 9.97. The van der Waals surface area contributed by atoms with Gasteiger partial charge in [0.05, 0.1) is 0 Å². The molecular weight excluding hydrogens is 208 g/mol. The summed E-state index contributed by atoms with van der Waals surface area (Å²) in [6.45, 7) is 3.85. The van der Waals surface area contributed by atoms with Crippen molar-refractivity contribution in [2.75, 3.05) is 0 Å². The molecule has 0 unspecified atom stereocenters. The van der Waals surface area contributed by atoms with E-state index in [2.05, 4.69) is 41.2 Å². The molecule has 0 saturated heterocycles. The van der Waals surface area contributed by atoms with Crippen molar-refractivity contribution in [2.24, 2.45) is 0 Å². The van der Waals surface area contributed by atoms with Crippen molar-refractivity contribution in [3.8, 4) is 11.4 Å². The third-order valence-corrected chi connectivity index (χ3v) is 2.74. The van der Waals surface area contributed by atoms with Crippen LogP contribution in [-0.4, -0.2) is 9.97 Å². The van der Waals surface area contributed by atoms with Crippen LogP contribution in [0.25, 0.3) is 11.4 Å². The summed E-state index contributed by atoms with van der Waals surface area (Å²) < 4.78 is 0. The Labute approximate surface area is 103 Å². The third-order valence-electron chi connectivity index (χ3n) is 2.74. The number of hydrogen-bond acceptors (Lipinski definition) is 2. The summed E-state index contributed by atoms with van der Waals surface area (Å²) >= 11 is 0. The lowest BCUT2D eigenvalue weighted by Gasteiger charge is -2.03. The van der Waals surface area contributed by atoms with Crippen molar-refractivity contribution in [3.05, 3.63) is 55.2 Å². The van der Waals surface area contributed by atoms with Gasteiger partial charge in [0, 0.05) is 18.0 Å². The first-order valence-corrected chi connectivity index (χ1v) is 6.06. The number of nitrogens with zero attached hydrogens (tertiary/aromatic N) is 2. The van der Waals surface area contributed by atoms with Crippen molar-refractivity contribution in [3.63, 3.8) is 0 Å². The Morgan fingerprint density at radius 3 is 2.29 bits per heavy atom. The molecule has 0 N–H and O–H groups in total. The molecule has 0 fully saturated rings. The van der Waals surface area contributed by atoms with E-state index in [1.807, 2.05) is 6.07 Å². The van der Waals surface area contributed by atoms with Gasteiger partial charge in [-0.1, -0.05) is 44.0 Å². The van der Waals surface area contributed by atoms with Crippen LogP contribution in [0.5, 0.6) is 0 Å². The Morgan fingerprint density at radius 2 is 1.65 bits per heavy atom. The summed E-state index contributed by atoms with van der Waals surface area (Å²) in [4.78, 5) is 8.47. The van der Waals surface area contributed by atoms with Crippen LogP contribution in [0.3, 0.4) is 0 Å². The van der Waals surface area contributed by atoms with Gasteiger partial charge in [0.25, 0.3) is 0 Å². The predicted molar refractivity (Wildman–Crippen MR) is 70.4 cm³/mol. The zero-order valence-corrected chi connectivity index (χ0v) is 9.97. The van der Waals surface area contributed by atoms with Crippen LogP contribution in [-0.2, 0) is 6.42 Å². The molecule has 1 aromatic heterocycles. The van der Waals surface area contributed by atoms with Crippen molar-refractivity contribution < 1.29 is 0 Å². The molecule has 0 amide bonds. The van der Waals surface area contributed by atoms with Gasteiger partial charge in [-0.25, -0.2) is 9.97 Å². The van der Waals surface area contributed by atoms with Crippen LogP contribution in [0.1, 0.15) is 24.8 Å². The highest BCUT2D eigenvalue weighted by molar-refractivity contribution is 5.54. The number of aromatic nitrogens is 2. The lowest BCUT2D eigenvalue weighted by Crippen LogP contribution is -1.89. The first-order chi connectivity index (χ1) is 8.40. The lowest BCUT2D eigenvalue weighted by atomic mass is 10.1. The quantitative estimate of drug-likeness (QED) is 0.725. The van der Waals surface area contributed by atoms with Gasteiger partial charge < -0.3 is 0 Å². The van der Waals surface area contributed by atoms with Gasteiger partial charge in [0.1, 0.15) is 0 Å². The maximum absolute atomic E-state index is 4.23. The molecule has 0 aliphatic carbocycles. The molecular formula is C15H17N2. The SMILES string of the molecule is [CH2]CCCCc1ccc(-c2ncccn2)cc1. The Morgan fingerprint density at radius 1 is 0.941 bits per heavy atom. The molecule has 2 rings (SSSR count). The van der Waals surface area contributed by atoms with Crippen LogP contribution in [0.15, 0.2) is 42.7 Å². The summed E-state index contributed by atoms with van der Waals surface area (Å²) in [5, 5.41) is 0. The lowest BCUT2D eigenvalue weighted by molar-refractivity contribution is 0.746. The number of aryl methyl sites for hydroxylation is 1. The first-order valence-electron chi connectivity index (χ1n) is 6.06. The van der Waals surface area contributed by atoms with E-state index in [1.54, 1.807) is 12.4 Å². The molecule has 0 atom stereocenters. The zero-order chi connectivity index (χ0) is 11.9. The molecule has 1 radical (unpaired) electrons. The minimum absolute atomic E-state index is 0.789. The van der Waals surface area contributed by atoms with E-state index in [-0.39, 0.29) is 0 Å². The minimum Gasteiger partial charge on any atom is -0.237 e.